The van der Waals surface area contributed by atoms with Crippen molar-refractivity contribution in [3.63, 3.8) is 0 Å². The summed E-state index contributed by atoms with van der Waals surface area (Å²) in [5, 5.41) is 0.512. The SMILES string of the molecule is Cn1c(CCC(=O)OCC(=O)N(C2CCCC2)C2CCS(=O)(=O)C2)nc(=O)c2ccccc21. The highest BCUT2D eigenvalue weighted by atomic mass is 32.2. The summed E-state index contributed by atoms with van der Waals surface area (Å²) in [5.74, 6) is -0.369. The van der Waals surface area contributed by atoms with Crippen molar-refractivity contribution in [1.82, 2.24) is 14.5 Å². The van der Waals surface area contributed by atoms with Crippen LogP contribution in [-0.2, 0) is 37.6 Å². The van der Waals surface area contributed by atoms with Gasteiger partial charge in [0.1, 0.15) is 5.82 Å². The van der Waals surface area contributed by atoms with E-state index in [1.54, 1.807) is 28.6 Å². The van der Waals surface area contributed by atoms with Crippen molar-refractivity contribution in [2.24, 2.45) is 7.05 Å². The molecule has 2 heterocycles. The van der Waals surface area contributed by atoms with Gasteiger partial charge in [0, 0.05) is 25.6 Å². The molecule has 1 saturated heterocycles. The van der Waals surface area contributed by atoms with Crippen LogP contribution in [0.15, 0.2) is 29.1 Å². The third kappa shape index (κ3) is 5.26. The molecule has 0 spiro atoms. The van der Waals surface area contributed by atoms with E-state index in [1.165, 1.54) is 0 Å². The zero-order valence-electron chi connectivity index (χ0n) is 18.7. The number of carbonyl (C=O) groups excluding carboxylic acids is 2. The standard InChI is InChI=1S/C23H29N3O6S/c1-25-19-9-5-4-8-18(19)23(29)24-20(25)10-11-22(28)32-14-21(27)26(16-6-2-3-7-16)17-12-13-33(30,31)15-17/h4-5,8-9,16-17H,2-3,6-7,10-15H2,1H3. The number of esters is 1. The highest BCUT2D eigenvalue weighted by Crippen LogP contribution is 2.29. The van der Waals surface area contributed by atoms with Gasteiger partial charge in [-0.15, -0.1) is 0 Å². The molecule has 178 valence electrons. The van der Waals surface area contributed by atoms with Crippen LogP contribution in [0.2, 0.25) is 0 Å². The molecule has 0 N–H and O–H groups in total. The number of ether oxygens (including phenoxy) is 1. The summed E-state index contributed by atoms with van der Waals surface area (Å²) in [6.45, 7) is -0.407. The molecule has 1 aromatic carbocycles. The number of fused-ring (bicyclic) bond motifs is 1. The molecule has 1 aromatic heterocycles. The lowest BCUT2D eigenvalue weighted by Crippen LogP contribution is -2.48. The Bertz CT molecular complexity index is 1220. The quantitative estimate of drug-likeness (QED) is 0.555. The van der Waals surface area contributed by atoms with Crippen LogP contribution in [0.3, 0.4) is 0 Å². The molecule has 1 aliphatic heterocycles. The number of hydrogen-bond donors (Lipinski definition) is 0. The minimum Gasteiger partial charge on any atom is -0.456 e. The molecule has 1 atom stereocenters. The molecule has 1 amide bonds. The Morgan fingerprint density at radius 3 is 2.58 bits per heavy atom. The summed E-state index contributed by atoms with van der Waals surface area (Å²) >= 11 is 0. The van der Waals surface area contributed by atoms with E-state index >= 15 is 0 Å². The maximum atomic E-state index is 12.9. The topological polar surface area (TPSA) is 116 Å². The average Bonchev–Trinajstić information content (AvgIpc) is 3.44. The number of nitrogens with zero attached hydrogens (tertiary/aromatic N) is 3. The zero-order chi connectivity index (χ0) is 23.6. The normalized spacial score (nSPS) is 20.2. The second-order valence-corrected chi connectivity index (χ2v) is 11.1. The summed E-state index contributed by atoms with van der Waals surface area (Å²) in [4.78, 5) is 43.3. The maximum Gasteiger partial charge on any atom is 0.306 e. The van der Waals surface area contributed by atoms with E-state index in [4.69, 9.17) is 4.74 Å². The van der Waals surface area contributed by atoms with Gasteiger partial charge in [-0.25, -0.2) is 8.42 Å². The first-order valence-corrected chi connectivity index (χ1v) is 13.2. The number of carbonyl (C=O) groups is 2. The van der Waals surface area contributed by atoms with Gasteiger partial charge >= 0.3 is 5.97 Å². The summed E-state index contributed by atoms with van der Waals surface area (Å²) < 4.78 is 30.9. The molecule has 2 aliphatic rings. The van der Waals surface area contributed by atoms with Gasteiger partial charge in [0.2, 0.25) is 0 Å². The molecule has 1 saturated carbocycles. The number of benzene rings is 1. The predicted octanol–water partition coefficient (Wildman–Crippen LogP) is 1.37. The van der Waals surface area contributed by atoms with E-state index in [-0.39, 0.29) is 47.9 Å². The van der Waals surface area contributed by atoms with E-state index in [2.05, 4.69) is 4.98 Å². The van der Waals surface area contributed by atoms with Gasteiger partial charge in [0.05, 0.1) is 28.8 Å². The van der Waals surface area contributed by atoms with E-state index in [9.17, 15) is 22.8 Å². The first kappa shape index (κ1) is 23.4. The molecular weight excluding hydrogens is 446 g/mol. The van der Waals surface area contributed by atoms with Crippen LogP contribution < -0.4 is 5.56 Å². The summed E-state index contributed by atoms with van der Waals surface area (Å²) in [7, 11) is -1.35. The van der Waals surface area contributed by atoms with Gasteiger partial charge in [0.25, 0.3) is 11.5 Å². The fourth-order valence-electron chi connectivity index (χ4n) is 4.95. The molecule has 0 radical (unpaired) electrons. The lowest BCUT2D eigenvalue weighted by molar-refractivity contribution is -0.154. The summed E-state index contributed by atoms with van der Waals surface area (Å²) in [6, 6.07) is 6.79. The van der Waals surface area contributed by atoms with E-state index in [1.807, 2.05) is 12.1 Å². The molecule has 1 aliphatic carbocycles. The minimum absolute atomic E-state index is 0.00540. The van der Waals surface area contributed by atoms with Crippen molar-refractivity contribution < 1.29 is 22.7 Å². The smallest absolute Gasteiger partial charge is 0.306 e. The Labute approximate surface area is 192 Å². The van der Waals surface area contributed by atoms with Crippen molar-refractivity contribution in [3.8, 4) is 0 Å². The highest BCUT2D eigenvalue weighted by Gasteiger charge is 2.39. The van der Waals surface area contributed by atoms with Crippen LogP contribution in [0.1, 0.15) is 44.3 Å². The molecule has 2 fully saturated rings. The molecule has 33 heavy (non-hydrogen) atoms. The first-order valence-electron chi connectivity index (χ1n) is 11.4. The number of hydrogen-bond acceptors (Lipinski definition) is 7. The molecule has 2 aromatic rings. The van der Waals surface area contributed by atoms with Crippen molar-refractivity contribution in [2.75, 3.05) is 18.1 Å². The van der Waals surface area contributed by atoms with Gasteiger partial charge < -0.3 is 14.2 Å². The van der Waals surface area contributed by atoms with E-state index < -0.39 is 22.4 Å². The minimum atomic E-state index is -3.13. The summed E-state index contributed by atoms with van der Waals surface area (Å²) in [6.07, 6.45) is 4.32. The maximum absolute atomic E-state index is 12.9. The molecule has 9 nitrogen and oxygen atoms in total. The molecule has 10 heteroatoms. The Balaban J connectivity index is 1.37. The highest BCUT2D eigenvalue weighted by molar-refractivity contribution is 7.91. The third-order valence-electron chi connectivity index (χ3n) is 6.63. The first-order chi connectivity index (χ1) is 15.7. The second kappa shape index (κ2) is 9.62. The Morgan fingerprint density at radius 1 is 1.15 bits per heavy atom. The lowest BCUT2D eigenvalue weighted by Gasteiger charge is -2.33. The Morgan fingerprint density at radius 2 is 1.88 bits per heavy atom. The van der Waals surface area contributed by atoms with Gasteiger partial charge in [-0.3, -0.25) is 14.4 Å². The molecule has 1 unspecified atom stereocenters. The number of rotatable bonds is 7. The van der Waals surface area contributed by atoms with Crippen molar-refractivity contribution in [3.05, 3.63) is 40.4 Å². The monoisotopic (exact) mass is 475 g/mol. The molecule has 0 bridgehead atoms. The van der Waals surface area contributed by atoms with Gasteiger partial charge in [-0.05, 0) is 31.4 Å². The second-order valence-electron chi connectivity index (χ2n) is 8.87. The summed E-state index contributed by atoms with van der Waals surface area (Å²) in [5.41, 5.74) is 0.385. The Hall–Kier alpha value is -2.75. The zero-order valence-corrected chi connectivity index (χ0v) is 19.6. The fraction of sp³-hybridized carbons (Fsp3) is 0.565. The largest absolute Gasteiger partial charge is 0.456 e. The fourth-order valence-corrected chi connectivity index (χ4v) is 6.66. The van der Waals surface area contributed by atoms with Crippen molar-refractivity contribution in [2.45, 2.75) is 57.0 Å². The van der Waals surface area contributed by atoms with Crippen LogP contribution in [-0.4, -0.2) is 64.9 Å². The van der Waals surface area contributed by atoms with Crippen molar-refractivity contribution >= 4 is 32.6 Å². The van der Waals surface area contributed by atoms with Gasteiger partial charge in [0.15, 0.2) is 16.4 Å². The van der Waals surface area contributed by atoms with Crippen molar-refractivity contribution in [1.29, 1.82) is 0 Å². The lowest BCUT2D eigenvalue weighted by atomic mass is 10.1. The number of amides is 1. The molecule has 4 rings (SSSR count). The Kier molecular flexibility index (Phi) is 6.83. The number of aromatic nitrogens is 2. The number of aryl methyl sites for hydroxylation is 2. The number of sulfone groups is 1. The van der Waals surface area contributed by atoms with Crippen LogP contribution in [0.5, 0.6) is 0 Å². The van der Waals surface area contributed by atoms with Crippen LogP contribution in [0.25, 0.3) is 10.9 Å². The molecular formula is C23H29N3O6S. The van der Waals surface area contributed by atoms with E-state index in [0.717, 1.165) is 31.2 Å². The predicted molar refractivity (Wildman–Crippen MR) is 122 cm³/mol. The average molecular weight is 476 g/mol. The van der Waals surface area contributed by atoms with Gasteiger partial charge in [-0.1, -0.05) is 25.0 Å². The third-order valence-corrected chi connectivity index (χ3v) is 8.38. The van der Waals surface area contributed by atoms with Gasteiger partial charge in [-0.2, -0.15) is 4.98 Å². The van der Waals surface area contributed by atoms with Crippen LogP contribution >= 0.6 is 0 Å². The van der Waals surface area contributed by atoms with Crippen LogP contribution in [0, 0.1) is 0 Å². The van der Waals surface area contributed by atoms with Crippen LogP contribution in [0.4, 0.5) is 0 Å². The van der Waals surface area contributed by atoms with E-state index in [0.29, 0.717) is 17.6 Å². The number of para-hydroxylation sites is 1.